The Kier molecular flexibility index (Phi) is 13.5. The number of carboxylic acid groups (broad SMARTS) is 1. The minimum absolute atomic E-state index is 0.0286. The minimum Gasteiger partial charge on any atom is -0.480 e. The van der Waals surface area contributed by atoms with Crippen molar-refractivity contribution in [2.45, 2.75) is 63.1 Å². The molecule has 0 aromatic rings. The molecule has 0 aliphatic heterocycles. The van der Waals surface area contributed by atoms with E-state index in [-0.39, 0.29) is 38.2 Å². The summed E-state index contributed by atoms with van der Waals surface area (Å²) < 4.78 is 0. The normalized spacial score (nSPS) is 13.5. The molecule has 3 amide bonds. The van der Waals surface area contributed by atoms with E-state index in [4.69, 9.17) is 28.7 Å². The first kappa shape index (κ1) is 27.1. The van der Waals surface area contributed by atoms with Gasteiger partial charge in [-0.05, 0) is 45.1 Å². The summed E-state index contributed by atoms with van der Waals surface area (Å²) in [6.07, 6.45) is 1.78. The van der Waals surface area contributed by atoms with Crippen LogP contribution in [-0.4, -0.2) is 66.0 Å². The van der Waals surface area contributed by atoms with E-state index in [2.05, 4.69) is 15.6 Å². The van der Waals surface area contributed by atoms with Crippen LogP contribution in [0.2, 0.25) is 0 Å². The van der Waals surface area contributed by atoms with Crippen LogP contribution in [0.3, 0.4) is 0 Å². The lowest BCUT2D eigenvalue weighted by Gasteiger charge is -2.23. The average molecular weight is 431 g/mol. The molecular formula is C17H34N8O5. The molecular weight excluding hydrogens is 396 g/mol. The fourth-order valence-electron chi connectivity index (χ4n) is 2.50. The molecule has 0 aliphatic carbocycles. The van der Waals surface area contributed by atoms with Crippen LogP contribution in [0.25, 0.3) is 0 Å². The Labute approximate surface area is 175 Å². The molecule has 0 aromatic heterocycles. The summed E-state index contributed by atoms with van der Waals surface area (Å²) in [6.45, 7) is 0.621. The second-order valence-electron chi connectivity index (χ2n) is 6.81. The highest BCUT2D eigenvalue weighted by Crippen LogP contribution is 2.05. The van der Waals surface area contributed by atoms with E-state index in [1.807, 2.05) is 0 Å². The van der Waals surface area contributed by atoms with E-state index < -0.39 is 41.8 Å². The lowest BCUT2D eigenvalue weighted by atomic mass is 10.1. The highest BCUT2D eigenvalue weighted by molar-refractivity contribution is 5.91. The summed E-state index contributed by atoms with van der Waals surface area (Å²) in [5, 5.41) is 14.3. The van der Waals surface area contributed by atoms with Gasteiger partial charge in [-0.3, -0.25) is 19.4 Å². The number of primary amides is 1. The predicted octanol–water partition coefficient (Wildman–Crippen LogP) is -3.18. The Morgan fingerprint density at radius 1 is 0.867 bits per heavy atom. The predicted molar refractivity (Wildman–Crippen MR) is 111 cm³/mol. The first-order valence-corrected chi connectivity index (χ1v) is 9.71. The van der Waals surface area contributed by atoms with Crippen LogP contribution in [0.15, 0.2) is 4.99 Å². The first-order chi connectivity index (χ1) is 14.1. The number of unbranched alkanes of at least 4 members (excludes halogenated alkanes) is 1. The van der Waals surface area contributed by atoms with Crippen molar-refractivity contribution >= 4 is 29.7 Å². The maximum atomic E-state index is 12.6. The number of hydrogen-bond donors (Lipinski definition) is 8. The first-order valence-electron chi connectivity index (χ1n) is 9.71. The second kappa shape index (κ2) is 15.0. The number of aliphatic carboxylic acids is 1. The fourth-order valence-corrected chi connectivity index (χ4v) is 2.50. The number of amides is 3. The monoisotopic (exact) mass is 430 g/mol. The van der Waals surface area contributed by atoms with Gasteiger partial charge in [-0.15, -0.1) is 0 Å². The standard InChI is InChI=1S/C17H34N8O5/c18-8-2-1-4-11(24-14(27)10(19)6-7-13(20)26)15(28)25-12(16(29)30)5-3-9-23-17(21)22/h10-12H,1-9,18-19H2,(H2,20,26)(H,24,27)(H,25,28)(H,29,30)(H4,21,22,23). The summed E-state index contributed by atoms with van der Waals surface area (Å²) in [4.78, 5) is 50.9. The molecule has 0 saturated carbocycles. The number of nitrogens with one attached hydrogen (secondary N) is 2. The lowest BCUT2D eigenvalue weighted by Crippen LogP contribution is -2.54. The number of carboxylic acids is 1. The van der Waals surface area contributed by atoms with Crippen molar-refractivity contribution in [3.05, 3.63) is 0 Å². The molecule has 0 saturated heterocycles. The van der Waals surface area contributed by atoms with E-state index in [9.17, 15) is 24.3 Å². The van der Waals surface area contributed by atoms with Crippen LogP contribution < -0.4 is 39.3 Å². The third kappa shape index (κ3) is 12.5. The van der Waals surface area contributed by atoms with Crippen LogP contribution in [0, 0.1) is 0 Å². The summed E-state index contributed by atoms with van der Waals surface area (Å²) in [5.41, 5.74) is 26.7. The van der Waals surface area contributed by atoms with Crippen LogP contribution in [0.1, 0.15) is 44.9 Å². The van der Waals surface area contributed by atoms with Crippen LogP contribution in [0.4, 0.5) is 0 Å². The smallest absolute Gasteiger partial charge is 0.326 e. The quantitative estimate of drug-likeness (QED) is 0.0696. The maximum Gasteiger partial charge on any atom is 0.326 e. The largest absolute Gasteiger partial charge is 0.480 e. The van der Waals surface area contributed by atoms with E-state index in [0.717, 1.165) is 0 Å². The van der Waals surface area contributed by atoms with Crippen LogP contribution in [-0.2, 0) is 19.2 Å². The Morgan fingerprint density at radius 3 is 2.00 bits per heavy atom. The molecule has 172 valence electrons. The number of hydrogen-bond acceptors (Lipinski definition) is 7. The van der Waals surface area contributed by atoms with Gasteiger partial charge in [0.05, 0.1) is 6.04 Å². The van der Waals surface area contributed by atoms with Crippen molar-refractivity contribution in [2.75, 3.05) is 13.1 Å². The number of carbonyl (C=O) groups excluding carboxylic acids is 3. The highest BCUT2D eigenvalue weighted by Gasteiger charge is 2.27. The molecule has 0 spiro atoms. The van der Waals surface area contributed by atoms with Crippen molar-refractivity contribution in [1.82, 2.24) is 10.6 Å². The van der Waals surface area contributed by atoms with Crippen molar-refractivity contribution < 1.29 is 24.3 Å². The van der Waals surface area contributed by atoms with E-state index >= 15 is 0 Å². The number of carbonyl (C=O) groups is 4. The number of nitrogens with two attached hydrogens (primary N) is 5. The fraction of sp³-hybridized carbons (Fsp3) is 0.706. The molecule has 0 aliphatic rings. The van der Waals surface area contributed by atoms with E-state index in [1.54, 1.807) is 0 Å². The zero-order valence-electron chi connectivity index (χ0n) is 17.0. The Hall–Kier alpha value is -2.93. The van der Waals surface area contributed by atoms with E-state index in [1.165, 1.54) is 0 Å². The van der Waals surface area contributed by atoms with Gasteiger partial charge in [0.25, 0.3) is 0 Å². The molecule has 13 heteroatoms. The molecule has 0 rings (SSSR count). The summed E-state index contributed by atoms with van der Waals surface area (Å²) in [7, 11) is 0. The van der Waals surface area contributed by atoms with Gasteiger partial charge in [-0.25, -0.2) is 4.79 Å². The zero-order chi connectivity index (χ0) is 23.1. The topological polar surface area (TPSA) is 255 Å². The molecule has 13 nitrogen and oxygen atoms in total. The number of aliphatic imine (C=N–C) groups is 1. The third-order valence-corrected chi connectivity index (χ3v) is 4.18. The molecule has 0 heterocycles. The van der Waals surface area contributed by atoms with Gasteiger partial charge in [0.15, 0.2) is 5.96 Å². The second-order valence-corrected chi connectivity index (χ2v) is 6.81. The average Bonchev–Trinajstić information content (AvgIpc) is 2.66. The summed E-state index contributed by atoms with van der Waals surface area (Å²) in [5.74, 6) is -3.22. The van der Waals surface area contributed by atoms with Gasteiger partial charge in [-0.2, -0.15) is 0 Å². The Morgan fingerprint density at radius 2 is 1.47 bits per heavy atom. The third-order valence-electron chi connectivity index (χ3n) is 4.18. The van der Waals surface area contributed by atoms with Crippen LogP contribution in [0.5, 0.6) is 0 Å². The molecule has 0 aromatic carbocycles. The molecule has 3 unspecified atom stereocenters. The van der Waals surface area contributed by atoms with Gasteiger partial charge < -0.3 is 44.4 Å². The Bertz CT molecular complexity index is 609. The SMILES string of the molecule is NCCCCC(NC(=O)C(N)CCC(N)=O)C(=O)NC(CCCN=C(N)N)C(=O)O. The number of guanidine groups is 1. The van der Waals surface area contributed by atoms with Crippen molar-refractivity contribution in [1.29, 1.82) is 0 Å². The summed E-state index contributed by atoms with van der Waals surface area (Å²) in [6, 6.07) is -3.20. The van der Waals surface area contributed by atoms with Gasteiger partial charge in [0, 0.05) is 13.0 Å². The highest BCUT2D eigenvalue weighted by atomic mass is 16.4. The lowest BCUT2D eigenvalue weighted by molar-refractivity contribution is -0.142. The van der Waals surface area contributed by atoms with Crippen molar-refractivity contribution in [3.63, 3.8) is 0 Å². The molecule has 13 N–H and O–H groups in total. The minimum atomic E-state index is -1.22. The molecule has 30 heavy (non-hydrogen) atoms. The van der Waals surface area contributed by atoms with Crippen LogP contribution >= 0.6 is 0 Å². The zero-order valence-corrected chi connectivity index (χ0v) is 17.0. The molecule has 0 bridgehead atoms. The molecule has 0 fully saturated rings. The van der Waals surface area contributed by atoms with Gasteiger partial charge in [0.1, 0.15) is 12.1 Å². The van der Waals surface area contributed by atoms with E-state index in [0.29, 0.717) is 25.8 Å². The number of rotatable bonds is 16. The van der Waals surface area contributed by atoms with Crippen molar-refractivity contribution in [2.24, 2.45) is 33.7 Å². The number of nitrogens with zero attached hydrogens (tertiary/aromatic N) is 1. The molecule has 3 atom stereocenters. The maximum absolute atomic E-state index is 12.6. The van der Waals surface area contributed by atoms with Crippen molar-refractivity contribution in [3.8, 4) is 0 Å². The summed E-state index contributed by atoms with van der Waals surface area (Å²) >= 11 is 0. The van der Waals surface area contributed by atoms with Gasteiger partial charge in [0.2, 0.25) is 17.7 Å². The molecule has 0 radical (unpaired) electrons. The van der Waals surface area contributed by atoms with Gasteiger partial charge in [-0.1, -0.05) is 0 Å². The van der Waals surface area contributed by atoms with Gasteiger partial charge >= 0.3 is 5.97 Å². The Balaban J connectivity index is 4.98.